The monoisotopic (exact) mass is 426 g/mol. The molecule has 29 heavy (non-hydrogen) atoms. The number of piperidine rings is 1. The van der Waals surface area contributed by atoms with E-state index in [0.29, 0.717) is 25.3 Å². The summed E-state index contributed by atoms with van der Waals surface area (Å²) < 4.78 is 21.9. The van der Waals surface area contributed by atoms with Crippen LogP contribution in [0, 0.1) is 5.41 Å². The van der Waals surface area contributed by atoms with Crippen molar-refractivity contribution in [2.24, 2.45) is 5.41 Å². The SMILES string of the molecule is C.C.CC(C)(C)COP(=O)(N1CCC(NC(=O)c2ccccc2)CC1)C(C)(C)C. The van der Waals surface area contributed by atoms with Crippen LogP contribution in [-0.2, 0) is 9.09 Å². The summed E-state index contributed by atoms with van der Waals surface area (Å²) in [6.45, 7) is 14.0. The van der Waals surface area contributed by atoms with Crippen LogP contribution in [0.2, 0.25) is 0 Å². The van der Waals surface area contributed by atoms with Gasteiger partial charge in [0.15, 0.2) is 0 Å². The van der Waals surface area contributed by atoms with Gasteiger partial charge in [0.05, 0.1) is 11.8 Å². The molecule has 1 fully saturated rings. The molecule has 0 saturated carbocycles. The largest absolute Gasteiger partial charge is 0.349 e. The van der Waals surface area contributed by atoms with E-state index in [-0.39, 0.29) is 32.2 Å². The minimum absolute atomic E-state index is 0. The van der Waals surface area contributed by atoms with Crippen LogP contribution in [0.4, 0.5) is 0 Å². The molecule has 1 aromatic carbocycles. The lowest BCUT2D eigenvalue weighted by molar-refractivity contribution is 0.0919. The Hall–Kier alpha value is -1.16. The fraction of sp³-hybridized carbons (Fsp3) is 0.696. The standard InChI is InChI=1S/C21H35N2O3P.2CH4/c1-20(2,3)16-26-27(25,21(4,5)6)23-14-12-18(13-15-23)22-19(24)17-10-8-7-9-11-17;;/h7-11,18H,12-16H2,1-6H3,(H,22,24);2*1H4. The molecule has 1 aliphatic heterocycles. The summed E-state index contributed by atoms with van der Waals surface area (Å²) in [5.41, 5.74) is 0.636. The maximum Gasteiger partial charge on any atom is 0.277 e. The number of hydrogen-bond acceptors (Lipinski definition) is 3. The van der Waals surface area contributed by atoms with Crippen molar-refractivity contribution in [3.05, 3.63) is 35.9 Å². The Labute approximate surface area is 179 Å². The number of carbonyl (C=O) groups is 1. The second kappa shape index (κ2) is 10.7. The van der Waals surface area contributed by atoms with Crippen molar-refractivity contribution in [3.8, 4) is 0 Å². The Kier molecular flexibility index (Phi) is 10.3. The van der Waals surface area contributed by atoms with E-state index in [4.69, 9.17) is 4.52 Å². The average molecular weight is 427 g/mol. The fourth-order valence-corrected chi connectivity index (χ4v) is 5.83. The highest BCUT2D eigenvalue weighted by Gasteiger charge is 2.45. The highest BCUT2D eigenvalue weighted by molar-refractivity contribution is 7.58. The highest BCUT2D eigenvalue weighted by atomic mass is 31.2. The molecule has 2 rings (SSSR count). The summed E-state index contributed by atoms with van der Waals surface area (Å²) in [5, 5.41) is 2.66. The Morgan fingerprint density at radius 1 is 1.07 bits per heavy atom. The van der Waals surface area contributed by atoms with Gasteiger partial charge >= 0.3 is 0 Å². The van der Waals surface area contributed by atoms with Gasteiger partial charge in [-0.05, 0) is 51.2 Å². The summed E-state index contributed by atoms with van der Waals surface area (Å²) in [4.78, 5) is 12.4. The number of nitrogens with zero attached hydrogens (tertiary/aromatic N) is 1. The van der Waals surface area contributed by atoms with E-state index >= 15 is 0 Å². The minimum atomic E-state index is -2.97. The molecule has 1 amide bonds. The molecular weight excluding hydrogens is 383 g/mol. The molecule has 1 unspecified atom stereocenters. The van der Waals surface area contributed by atoms with Crippen molar-refractivity contribution >= 4 is 13.4 Å². The predicted octanol–water partition coefficient (Wildman–Crippen LogP) is 6.21. The summed E-state index contributed by atoms with van der Waals surface area (Å²) in [6, 6.07) is 9.37. The summed E-state index contributed by atoms with van der Waals surface area (Å²) in [6.07, 6.45) is 1.55. The van der Waals surface area contributed by atoms with E-state index < -0.39 is 12.7 Å². The van der Waals surface area contributed by atoms with Crippen LogP contribution in [0.1, 0.15) is 79.6 Å². The lowest BCUT2D eigenvalue weighted by Gasteiger charge is -2.43. The molecule has 0 radical (unpaired) electrons. The number of hydrogen-bond donors (Lipinski definition) is 1. The van der Waals surface area contributed by atoms with Crippen molar-refractivity contribution in [2.75, 3.05) is 19.7 Å². The topological polar surface area (TPSA) is 58.6 Å². The third-order valence-corrected chi connectivity index (χ3v) is 8.05. The molecule has 1 heterocycles. The first-order chi connectivity index (χ1) is 12.4. The highest BCUT2D eigenvalue weighted by Crippen LogP contribution is 2.62. The Balaban J connectivity index is 0.00000392. The van der Waals surface area contributed by atoms with Crippen LogP contribution in [0.15, 0.2) is 30.3 Å². The third kappa shape index (κ3) is 7.55. The molecule has 1 atom stereocenters. The molecular formula is C23H43N2O3P. The maximum absolute atomic E-state index is 13.8. The van der Waals surface area contributed by atoms with E-state index in [9.17, 15) is 9.36 Å². The van der Waals surface area contributed by atoms with Gasteiger partial charge in [0.1, 0.15) is 0 Å². The first kappa shape index (κ1) is 27.8. The van der Waals surface area contributed by atoms with Gasteiger partial charge in [-0.25, -0.2) is 4.67 Å². The number of rotatable bonds is 5. The first-order valence-electron chi connectivity index (χ1n) is 9.78. The van der Waals surface area contributed by atoms with Crippen LogP contribution in [0.5, 0.6) is 0 Å². The quantitative estimate of drug-likeness (QED) is 0.569. The Morgan fingerprint density at radius 3 is 2.03 bits per heavy atom. The van der Waals surface area contributed by atoms with Crippen molar-refractivity contribution in [1.29, 1.82) is 0 Å². The molecule has 1 saturated heterocycles. The van der Waals surface area contributed by atoms with Gasteiger partial charge < -0.3 is 9.84 Å². The summed E-state index contributed by atoms with van der Waals surface area (Å²) in [5.74, 6) is -0.0444. The molecule has 0 bridgehead atoms. The average Bonchev–Trinajstić information content (AvgIpc) is 2.59. The lowest BCUT2D eigenvalue weighted by atomic mass is 9.99. The van der Waals surface area contributed by atoms with Gasteiger partial charge in [-0.2, -0.15) is 0 Å². The van der Waals surface area contributed by atoms with Crippen LogP contribution < -0.4 is 5.32 Å². The molecule has 1 aliphatic rings. The molecule has 0 aromatic heterocycles. The van der Waals surface area contributed by atoms with Crippen molar-refractivity contribution in [3.63, 3.8) is 0 Å². The summed E-state index contributed by atoms with van der Waals surface area (Å²) in [7, 11) is -2.97. The maximum atomic E-state index is 13.8. The van der Waals surface area contributed by atoms with E-state index in [2.05, 4.69) is 26.1 Å². The number of nitrogens with one attached hydrogen (secondary N) is 1. The lowest BCUT2D eigenvalue weighted by Crippen LogP contribution is -2.45. The number of carbonyl (C=O) groups excluding carboxylic acids is 1. The number of amides is 1. The zero-order valence-electron chi connectivity index (χ0n) is 17.6. The van der Waals surface area contributed by atoms with Gasteiger partial charge in [0, 0.05) is 24.7 Å². The van der Waals surface area contributed by atoms with Gasteiger partial charge in [-0.1, -0.05) is 53.8 Å². The molecule has 6 heteroatoms. The number of benzene rings is 1. The zero-order valence-corrected chi connectivity index (χ0v) is 18.5. The molecule has 168 valence electrons. The first-order valence-corrected chi connectivity index (χ1v) is 11.4. The molecule has 0 aliphatic carbocycles. The van der Waals surface area contributed by atoms with E-state index in [0.717, 1.165) is 12.8 Å². The van der Waals surface area contributed by atoms with Gasteiger partial charge in [-0.15, -0.1) is 0 Å². The second-order valence-electron chi connectivity index (χ2n) is 9.59. The van der Waals surface area contributed by atoms with Crippen molar-refractivity contribution in [1.82, 2.24) is 9.99 Å². The van der Waals surface area contributed by atoms with Crippen LogP contribution in [0.25, 0.3) is 0 Å². The smallest absolute Gasteiger partial charge is 0.277 e. The fourth-order valence-electron chi connectivity index (χ4n) is 3.11. The molecule has 1 N–H and O–H groups in total. The third-order valence-electron chi connectivity index (χ3n) is 4.74. The van der Waals surface area contributed by atoms with Crippen LogP contribution in [0.3, 0.4) is 0 Å². The summed E-state index contributed by atoms with van der Waals surface area (Å²) >= 11 is 0. The predicted molar refractivity (Wildman–Crippen MR) is 125 cm³/mol. The molecule has 1 aromatic rings. The van der Waals surface area contributed by atoms with E-state index in [1.807, 2.05) is 55.8 Å². The molecule has 0 spiro atoms. The Morgan fingerprint density at radius 2 is 1.59 bits per heavy atom. The van der Waals surface area contributed by atoms with Gasteiger partial charge in [0.25, 0.3) is 13.4 Å². The Bertz CT molecular complexity index is 670. The van der Waals surface area contributed by atoms with E-state index in [1.165, 1.54) is 0 Å². The van der Waals surface area contributed by atoms with Gasteiger partial charge in [-0.3, -0.25) is 9.36 Å². The van der Waals surface area contributed by atoms with E-state index in [1.54, 1.807) is 0 Å². The van der Waals surface area contributed by atoms with Gasteiger partial charge in [0.2, 0.25) is 0 Å². The normalized spacial score (nSPS) is 18.1. The zero-order chi connectivity index (χ0) is 20.3. The molecule has 5 nitrogen and oxygen atoms in total. The van der Waals surface area contributed by atoms with Crippen LogP contribution in [-0.4, -0.2) is 41.5 Å². The minimum Gasteiger partial charge on any atom is -0.349 e. The second-order valence-corrected chi connectivity index (χ2v) is 12.8. The van der Waals surface area contributed by atoms with Crippen molar-refractivity contribution < 1.29 is 13.9 Å². The van der Waals surface area contributed by atoms with Crippen LogP contribution >= 0.6 is 7.52 Å². The van der Waals surface area contributed by atoms with Crippen molar-refractivity contribution in [2.45, 2.75) is 80.4 Å².